The van der Waals surface area contributed by atoms with Crippen LogP contribution in [0.2, 0.25) is 0 Å². The number of aldehydes is 1. The molecular formula is C25H31N3O7. The van der Waals surface area contributed by atoms with Gasteiger partial charge in [-0.15, -0.1) is 0 Å². The first-order valence-electron chi connectivity index (χ1n) is 12.4. The fourth-order valence-electron chi connectivity index (χ4n) is 5.83. The molecule has 0 aromatic heterocycles. The van der Waals surface area contributed by atoms with Crippen molar-refractivity contribution in [3.8, 4) is 17.2 Å². The number of benzene rings is 1. The number of nitrogens with one attached hydrogen (secondary N) is 2. The van der Waals surface area contributed by atoms with Gasteiger partial charge in [0.15, 0.2) is 18.1 Å². The average Bonchev–Trinajstić information content (AvgIpc) is 3.58. The normalized spacial score (nSPS) is 27.7. The van der Waals surface area contributed by atoms with E-state index in [2.05, 4.69) is 10.6 Å². The van der Waals surface area contributed by atoms with E-state index in [0.717, 1.165) is 19.3 Å². The lowest BCUT2D eigenvalue weighted by atomic mass is 9.92. The van der Waals surface area contributed by atoms with E-state index in [4.69, 9.17) is 14.2 Å². The van der Waals surface area contributed by atoms with Crippen molar-refractivity contribution >= 4 is 24.0 Å². The van der Waals surface area contributed by atoms with Crippen molar-refractivity contribution in [3.05, 3.63) is 18.2 Å². The molecule has 10 heteroatoms. The summed E-state index contributed by atoms with van der Waals surface area (Å²) in [4.78, 5) is 51.7. The third-order valence-corrected chi connectivity index (χ3v) is 7.55. The highest BCUT2D eigenvalue weighted by molar-refractivity contribution is 5.91. The second-order valence-electron chi connectivity index (χ2n) is 9.70. The number of carbonyl (C=O) groups is 4. The monoisotopic (exact) mass is 485 g/mol. The zero-order valence-electron chi connectivity index (χ0n) is 19.6. The summed E-state index contributed by atoms with van der Waals surface area (Å²) >= 11 is 0. The van der Waals surface area contributed by atoms with Gasteiger partial charge in [0, 0.05) is 25.1 Å². The minimum Gasteiger partial charge on any atom is -0.486 e. The molecule has 0 unspecified atom stereocenters. The van der Waals surface area contributed by atoms with Crippen molar-refractivity contribution in [3.63, 3.8) is 0 Å². The highest BCUT2D eigenvalue weighted by Gasteiger charge is 2.49. The highest BCUT2D eigenvalue weighted by atomic mass is 16.6. The van der Waals surface area contributed by atoms with Crippen molar-refractivity contribution in [2.75, 3.05) is 32.9 Å². The Morgan fingerprint density at radius 1 is 1.20 bits per heavy atom. The molecule has 4 aliphatic rings. The molecule has 0 bridgehead atoms. The number of hydrogen-bond donors (Lipinski definition) is 2. The first-order valence-corrected chi connectivity index (χ1v) is 12.4. The van der Waals surface area contributed by atoms with Crippen LogP contribution in [-0.2, 0) is 19.2 Å². The highest BCUT2D eigenvalue weighted by Crippen LogP contribution is 2.42. The largest absolute Gasteiger partial charge is 0.486 e. The maximum Gasteiger partial charge on any atom is 0.261 e. The molecule has 3 fully saturated rings. The maximum absolute atomic E-state index is 13.3. The Morgan fingerprint density at radius 2 is 2.03 bits per heavy atom. The molecule has 3 amide bonds. The van der Waals surface area contributed by atoms with Gasteiger partial charge >= 0.3 is 0 Å². The molecule has 1 aromatic carbocycles. The summed E-state index contributed by atoms with van der Waals surface area (Å²) in [6.45, 7) is 1.83. The van der Waals surface area contributed by atoms with Crippen LogP contribution in [0.15, 0.2) is 18.2 Å². The maximum atomic E-state index is 13.3. The van der Waals surface area contributed by atoms with E-state index in [9.17, 15) is 19.2 Å². The van der Waals surface area contributed by atoms with Crippen LogP contribution < -0.4 is 24.8 Å². The standard InChI is InChI=1S/C25H31N3O7/c29-13-17(10-15-6-7-26-24(15)31)27-25(32)23-19-3-1-2-16(19)12-28(23)22(30)14-35-18-4-5-20-21(11-18)34-9-8-33-20/h4-5,11,13,15-17,19,23H,1-3,6-10,12,14H2,(H,26,31)(H,27,32)/t15-,16-,17-,19+,23+/m0/s1. The first-order chi connectivity index (χ1) is 17.0. The molecule has 0 spiro atoms. The van der Waals surface area contributed by atoms with Crippen LogP contribution in [0.5, 0.6) is 17.2 Å². The lowest BCUT2D eigenvalue weighted by molar-refractivity contribution is -0.141. The van der Waals surface area contributed by atoms with Gasteiger partial charge in [0.1, 0.15) is 31.3 Å². The van der Waals surface area contributed by atoms with Crippen molar-refractivity contribution < 1.29 is 33.4 Å². The molecule has 2 saturated heterocycles. The summed E-state index contributed by atoms with van der Waals surface area (Å²) in [6, 6.07) is 3.76. The Morgan fingerprint density at radius 3 is 2.80 bits per heavy atom. The van der Waals surface area contributed by atoms with E-state index in [0.29, 0.717) is 56.3 Å². The molecular weight excluding hydrogens is 454 g/mol. The van der Waals surface area contributed by atoms with Crippen LogP contribution in [0.25, 0.3) is 0 Å². The van der Waals surface area contributed by atoms with Crippen molar-refractivity contribution in [1.29, 1.82) is 0 Å². The third-order valence-electron chi connectivity index (χ3n) is 7.55. The first kappa shape index (κ1) is 23.4. The molecule has 5 atom stereocenters. The van der Waals surface area contributed by atoms with E-state index in [1.807, 2.05) is 0 Å². The van der Waals surface area contributed by atoms with Crippen LogP contribution in [0.3, 0.4) is 0 Å². The van der Waals surface area contributed by atoms with E-state index < -0.39 is 12.1 Å². The minimum absolute atomic E-state index is 0.0651. The zero-order chi connectivity index (χ0) is 24.4. The Bertz CT molecular complexity index is 999. The van der Waals surface area contributed by atoms with Crippen LogP contribution in [0, 0.1) is 17.8 Å². The van der Waals surface area contributed by atoms with Crippen molar-refractivity contribution in [1.82, 2.24) is 15.5 Å². The van der Waals surface area contributed by atoms with Gasteiger partial charge in [-0.3, -0.25) is 14.4 Å². The van der Waals surface area contributed by atoms with Gasteiger partial charge in [0.25, 0.3) is 5.91 Å². The lowest BCUT2D eigenvalue weighted by Crippen LogP contribution is -2.52. The van der Waals surface area contributed by atoms with Gasteiger partial charge in [-0.1, -0.05) is 6.42 Å². The van der Waals surface area contributed by atoms with Crippen LogP contribution in [0.4, 0.5) is 0 Å². The molecule has 1 aliphatic carbocycles. The molecule has 1 aromatic rings. The number of amides is 3. The summed E-state index contributed by atoms with van der Waals surface area (Å²) < 4.78 is 16.8. The van der Waals surface area contributed by atoms with E-state index in [1.54, 1.807) is 23.1 Å². The van der Waals surface area contributed by atoms with Crippen LogP contribution >= 0.6 is 0 Å². The molecule has 1 saturated carbocycles. The van der Waals surface area contributed by atoms with Crippen LogP contribution in [-0.4, -0.2) is 73.9 Å². The van der Waals surface area contributed by atoms with E-state index in [1.165, 1.54) is 0 Å². The quantitative estimate of drug-likeness (QED) is 0.519. The average molecular weight is 486 g/mol. The Labute approximate surface area is 203 Å². The van der Waals surface area contributed by atoms with Gasteiger partial charge in [-0.25, -0.2) is 0 Å². The third kappa shape index (κ3) is 4.92. The summed E-state index contributed by atoms with van der Waals surface area (Å²) in [5, 5.41) is 5.56. The molecule has 5 rings (SSSR count). The second kappa shape index (κ2) is 10.1. The fraction of sp³-hybridized carbons (Fsp3) is 0.600. The topological polar surface area (TPSA) is 123 Å². The van der Waals surface area contributed by atoms with Gasteiger partial charge in [0.2, 0.25) is 11.8 Å². The summed E-state index contributed by atoms with van der Waals surface area (Å²) in [7, 11) is 0. The number of likely N-dealkylation sites (tertiary alicyclic amines) is 1. The number of carbonyl (C=O) groups excluding carboxylic acids is 4. The number of hydrogen-bond acceptors (Lipinski definition) is 7. The predicted molar refractivity (Wildman–Crippen MR) is 123 cm³/mol. The molecule has 3 aliphatic heterocycles. The van der Waals surface area contributed by atoms with E-state index in [-0.39, 0.29) is 48.5 Å². The lowest BCUT2D eigenvalue weighted by Gasteiger charge is -2.28. The Balaban J connectivity index is 1.23. The molecule has 0 radical (unpaired) electrons. The number of nitrogens with zero attached hydrogens (tertiary/aromatic N) is 1. The number of rotatable bonds is 8. The van der Waals surface area contributed by atoms with Gasteiger partial charge in [-0.05, 0) is 49.7 Å². The number of fused-ring (bicyclic) bond motifs is 2. The summed E-state index contributed by atoms with van der Waals surface area (Å²) in [6.07, 6.45) is 4.46. The Hall–Kier alpha value is -3.30. The second-order valence-corrected chi connectivity index (χ2v) is 9.70. The molecule has 2 N–H and O–H groups in total. The summed E-state index contributed by atoms with van der Waals surface area (Å²) in [5.74, 6) is 1.05. The number of ether oxygens (including phenoxy) is 3. The molecule has 3 heterocycles. The van der Waals surface area contributed by atoms with Crippen molar-refractivity contribution in [2.24, 2.45) is 17.8 Å². The molecule has 10 nitrogen and oxygen atoms in total. The van der Waals surface area contributed by atoms with Gasteiger partial charge < -0.3 is 34.5 Å². The molecule has 188 valence electrons. The molecule has 35 heavy (non-hydrogen) atoms. The van der Waals surface area contributed by atoms with Gasteiger partial charge in [-0.2, -0.15) is 0 Å². The van der Waals surface area contributed by atoms with Gasteiger partial charge in [0.05, 0.1) is 6.04 Å². The van der Waals surface area contributed by atoms with E-state index >= 15 is 0 Å². The van der Waals surface area contributed by atoms with Crippen LogP contribution in [0.1, 0.15) is 32.1 Å². The fourth-order valence-corrected chi connectivity index (χ4v) is 5.83. The zero-order valence-corrected chi connectivity index (χ0v) is 19.6. The minimum atomic E-state index is -0.761. The predicted octanol–water partition coefficient (Wildman–Crippen LogP) is 0.674. The smallest absolute Gasteiger partial charge is 0.261 e. The Kier molecular flexibility index (Phi) is 6.79. The van der Waals surface area contributed by atoms with Crippen molar-refractivity contribution in [2.45, 2.75) is 44.2 Å². The summed E-state index contributed by atoms with van der Waals surface area (Å²) in [5.41, 5.74) is 0. The SMILES string of the molecule is O=C[C@H](C[C@@H]1CCNC1=O)NC(=O)[C@H]1[C@@H]2CCC[C@H]2CN1C(=O)COc1ccc2c(c1)OCCO2.